The third kappa shape index (κ3) is 4.29. The van der Waals surface area contributed by atoms with E-state index >= 15 is 0 Å². The Morgan fingerprint density at radius 2 is 1.69 bits per heavy atom. The molecule has 142 valence electrons. The second kappa shape index (κ2) is 8.43. The number of rotatable bonds is 4. The van der Waals surface area contributed by atoms with Crippen LogP contribution < -0.4 is 4.74 Å². The van der Waals surface area contributed by atoms with Gasteiger partial charge in [0.15, 0.2) is 6.10 Å². The molecular weight excluding hydrogens is 332 g/mol. The molecule has 0 spiro atoms. The highest BCUT2D eigenvalue weighted by molar-refractivity contribution is 5.81. The fourth-order valence-electron chi connectivity index (χ4n) is 3.62. The zero-order valence-corrected chi connectivity index (χ0v) is 15.7. The second-order valence-electron chi connectivity index (χ2n) is 6.91. The highest BCUT2D eigenvalue weighted by Crippen LogP contribution is 2.26. The molecule has 1 aliphatic heterocycles. The summed E-state index contributed by atoms with van der Waals surface area (Å²) in [7, 11) is 0. The Labute approximate surface area is 155 Å². The van der Waals surface area contributed by atoms with E-state index in [9.17, 15) is 9.59 Å². The van der Waals surface area contributed by atoms with Crippen LogP contribution in [0.1, 0.15) is 37.8 Å². The number of piperazine rings is 1. The van der Waals surface area contributed by atoms with Crippen molar-refractivity contribution in [3.8, 4) is 5.75 Å². The molecule has 2 aliphatic rings. The number of aryl methyl sites for hydroxylation is 2. The summed E-state index contributed by atoms with van der Waals surface area (Å²) < 4.78 is 10.9. The van der Waals surface area contributed by atoms with E-state index in [2.05, 4.69) is 12.1 Å². The van der Waals surface area contributed by atoms with Gasteiger partial charge in [-0.2, -0.15) is 0 Å². The Morgan fingerprint density at radius 3 is 2.38 bits per heavy atom. The van der Waals surface area contributed by atoms with Crippen molar-refractivity contribution in [1.29, 1.82) is 0 Å². The molecule has 0 bridgehead atoms. The summed E-state index contributed by atoms with van der Waals surface area (Å²) >= 11 is 0. The van der Waals surface area contributed by atoms with Crippen molar-refractivity contribution in [3.05, 3.63) is 29.3 Å². The third-order valence-corrected chi connectivity index (χ3v) is 5.10. The van der Waals surface area contributed by atoms with Crippen molar-refractivity contribution >= 4 is 12.0 Å². The highest BCUT2D eigenvalue weighted by atomic mass is 16.6. The first-order valence-corrected chi connectivity index (χ1v) is 9.57. The van der Waals surface area contributed by atoms with Gasteiger partial charge in [0.1, 0.15) is 5.75 Å². The van der Waals surface area contributed by atoms with E-state index in [1.807, 2.05) is 6.07 Å². The van der Waals surface area contributed by atoms with Crippen molar-refractivity contribution < 1.29 is 19.1 Å². The Bertz CT molecular complexity index is 653. The lowest BCUT2D eigenvalue weighted by Gasteiger charge is -2.35. The molecule has 1 saturated heterocycles. The number of amides is 2. The summed E-state index contributed by atoms with van der Waals surface area (Å²) in [6, 6.07) is 6.17. The van der Waals surface area contributed by atoms with Gasteiger partial charge in [-0.3, -0.25) is 4.79 Å². The number of hydrogen-bond acceptors (Lipinski definition) is 4. The van der Waals surface area contributed by atoms with E-state index in [-0.39, 0.29) is 12.0 Å². The molecule has 1 fully saturated rings. The van der Waals surface area contributed by atoms with Crippen LogP contribution in [0, 0.1) is 0 Å². The smallest absolute Gasteiger partial charge is 0.409 e. The molecule has 0 aromatic heterocycles. The molecule has 1 aromatic carbocycles. The molecule has 1 aliphatic carbocycles. The number of carbonyl (C=O) groups excluding carboxylic acids is 2. The molecule has 2 amide bonds. The molecule has 3 rings (SSSR count). The van der Waals surface area contributed by atoms with E-state index in [0.717, 1.165) is 18.6 Å². The van der Waals surface area contributed by atoms with Gasteiger partial charge in [0, 0.05) is 26.2 Å². The molecule has 26 heavy (non-hydrogen) atoms. The maximum absolute atomic E-state index is 12.7. The summed E-state index contributed by atoms with van der Waals surface area (Å²) in [5, 5.41) is 0. The molecule has 0 saturated carbocycles. The standard InChI is InChI=1S/C20H28N2O4/c1-3-25-20(24)22-12-10-21(11-13-22)19(23)15(2)26-18-9-8-16-6-4-5-7-17(16)14-18/h8-9,14-15H,3-7,10-13H2,1-2H3/t15-/m1/s1. The van der Waals surface area contributed by atoms with Gasteiger partial charge < -0.3 is 19.3 Å². The number of benzene rings is 1. The minimum absolute atomic E-state index is 0.0359. The molecule has 1 heterocycles. The van der Waals surface area contributed by atoms with Gasteiger partial charge in [0.25, 0.3) is 5.91 Å². The predicted octanol–water partition coefficient (Wildman–Crippen LogP) is 2.63. The normalized spacial score (nSPS) is 18.1. The Balaban J connectivity index is 1.53. The molecule has 0 unspecified atom stereocenters. The van der Waals surface area contributed by atoms with E-state index in [1.54, 1.807) is 23.6 Å². The van der Waals surface area contributed by atoms with Crippen LogP contribution in [0.2, 0.25) is 0 Å². The average molecular weight is 360 g/mol. The molecule has 0 N–H and O–H groups in total. The van der Waals surface area contributed by atoms with Gasteiger partial charge in [0.2, 0.25) is 0 Å². The number of ether oxygens (including phenoxy) is 2. The second-order valence-corrected chi connectivity index (χ2v) is 6.91. The maximum atomic E-state index is 12.7. The quantitative estimate of drug-likeness (QED) is 0.828. The van der Waals surface area contributed by atoms with E-state index in [4.69, 9.17) is 9.47 Å². The Morgan fingerprint density at radius 1 is 1.04 bits per heavy atom. The monoisotopic (exact) mass is 360 g/mol. The zero-order valence-electron chi connectivity index (χ0n) is 15.7. The Kier molecular flexibility index (Phi) is 6.01. The lowest BCUT2D eigenvalue weighted by atomic mass is 9.92. The fourth-order valence-corrected chi connectivity index (χ4v) is 3.62. The first-order valence-electron chi connectivity index (χ1n) is 9.57. The maximum Gasteiger partial charge on any atom is 0.409 e. The number of fused-ring (bicyclic) bond motifs is 1. The van der Waals surface area contributed by atoms with Gasteiger partial charge in [0.05, 0.1) is 6.61 Å². The van der Waals surface area contributed by atoms with Crippen LogP contribution in [-0.4, -0.2) is 60.7 Å². The van der Waals surface area contributed by atoms with Crippen LogP contribution in [-0.2, 0) is 22.4 Å². The predicted molar refractivity (Wildman–Crippen MR) is 98.3 cm³/mol. The minimum Gasteiger partial charge on any atom is -0.481 e. The zero-order chi connectivity index (χ0) is 18.5. The average Bonchev–Trinajstić information content (AvgIpc) is 2.67. The van der Waals surface area contributed by atoms with Crippen molar-refractivity contribution in [2.24, 2.45) is 0 Å². The van der Waals surface area contributed by atoms with Gasteiger partial charge in [-0.25, -0.2) is 4.79 Å². The van der Waals surface area contributed by atoms with Gasteiger partial charge in [-0.1, -0.05) is 6.07 Å². The van der Waals surface area contributed by atoms with Crippen molar-refractivity contribution in [2.75, 3.05) is 32.8 Å². The van der Waals surface area contributed by atoms with Gasteiger partial charge >= 0.3 is 6.09 Å². The summed E-state index contributed by atoms with van der Waals surface area (Å²) in [4.78, 5) is 27.8. The summed E-state index contributed by atoms with van der Waals surface area (Å²) in [6.07, 6.45) is 3.85. The lowest BCUT2D eigenvalue weighted by Crippen LogP contribution is -2.53. The first-order chi connectivity index (χ1) is 12.6. The van der Waals surface area contributed by atoms with Crippen LogP contribution in [0.3, 0.4) is 0 Å². The van der Waals surface area contributed by atoms with Crippen LogP contribution in [0.15, 0.2) is 18.2 Å². The highest BCUT2D eigenvalue weighted by Gasteiger charge is 2.28. The van der Waals surface area contributed by atoms with E-state index in [1.165, 1.54) is 24.0 Å². The number of hydrogen-bond donors (Lipinski definition) is 0. The van der Waals surface area contributed by atoms with Crippen molar-refractivity contribution in [3.63, 3.8) is 0 Å². The fraction of sp³-hybridized carbons (Fsp3) is 0.600. The first kappa shape index (κ1) is 18.5. The van der Waals surface area contributed by atoms with Crippen LogP contribution in [0.4, 0.5) is 4.79 Å². The molecule has 1 atom stereocenters. The van der Waals surface area contributed by atoms with Gasteiger partial charge in [-0.15, -0.1) is 0 Å². The third-order valence-electron chi connectivity index (χ3n) is 5.10. The molecule has 6 nitrogen and oxygen atoms in total. The summed E-state index contributed by atoms with van der Waals surface area (Å²) in [5.41, 5.74) is 2.74. The largest absolute Gasteiger partial charge is 0.481 e. The molecular formula is C20H28N2O4. The number of nitrogens with zero attached hydrogens (tertiary/aromatic N) is 2. The van der Waals surface area contributed by atoms with E-state index in [0.29, 0.717) is 32.8 Å². The molecule has 6 heteroatoms. The lowest BCUT2D eigenvalue weighted by molar-refractivity contribution is -0.139. The Hall–Kier alpha value is -2.24. The van der Waals surface area contributed by atoms with Gasteiger partial charge in [-0.05, 0) is 62.8 Å². The van der Waals surface area contributed by atoms with E-state index < -0.39 is 6.10 Å². The van der Waals surface area contributed by atoms with Crippen LogP contribution >= 0.6 is 0 Å². The summed E-state index contributed by atoms with van der Waals surface area (Å²) in [6.45, 7) is 5.96. The van der Waals surface area contributed by atoms with Crippen LogP contribution in [0.5, 0.6) is 5.75 Å². The SMILES string of the molecule is CCOC(=O)N1CCN(C(=O)[C@@H](C)Oc2ccc3c(c2)CCCC3)CC1. The summed E-state index contributed by atoms with van der Waals surface area (Å²) in [5.74, 6) is 0.725. The minimum atomic E-state index is -0.536. The molecule has 0 radical (unpaired) electrons. The topological polar surface area (TPSA) is 59.1 Å². The van der Waals surface area contributed by atoms with Crippen molar-refractivity contribution in [2.45, 2.75) is 45.6 Å². The van der Waals surface area contributed by atoms with Crippen molar-refractivity contribution in [1.82, 2.24) is 9.80 Å². The van der Waals surface area contributed by atoms with Crippen LogP contribution in [0.25, 0.3) is 0 Å². The number of carbonyl (C=O) groups is 2. The molecule has 1 aromatic rings.